The summed E-state index contributed by atoms with van der Waals surface area (Å²) in [6, 6.07) is 9.37. The van der Waals surface area contributed by atoms with Crippen LogP contribution in [0, 0.1) is 0 Å². The first-order chi connectivity index (χ1) is 12.0. The Labute approximate surface area is 152 Å². The number of benzene rings is 2. The van der Waals surface area contributed by atoms with Crippen molar-refractivity contribution in [1.29, 1.82) is 0 Å². The van der Waals surface area contributed by atoms with Gasteiger partial charge in [0, 0.05) is 6.07 Å². The van der Waals surface area contributed by atoms with Crippen molar-refractivity contribution in [3.8, 4) is 11.5 Å². The molecule has 0 atom stereocenters. The highest BCUT2D eigenvalue weighted by molar-refractivity contribution is 6.34. The second kappa shape index (κ2) is 7.04. The van der Waals surface area contributed by atoms with Crippen LogP contribution >= 0.6 is 23.2 Å². The molecule has 1 heterocycles. The number of carbonyl (C=O) groups is 2. The number of carboxylic acids is 1. The van der Waals surface area contributed by atoms with Crippen LogP contribution in [0.15, 0.2) is 42.1 Å². The van der Waals surface area contributed by atoms with Gasteiger partial charge in [-0.2, -0.15) is 0 Å². The van der Waals surface area contributed by atoms with Gasteiger partial charge in [-0.05, 0) is 29.8 Å². The van der Waals surface area contributed by atoms with Crippen molar-refractivity contribution in [3.05, 3.63) is 63.3 Å². The molecule has 2 aromatic carbocycles. The van der Waals surface area contributed by atoms with E-state index in [1.165, 1.54) is 30.3 Å². The van der Waals surface area contributed by atoms with Crippen LogP contribution in [-0.4, -0.2) is 23.8 Å². The minimum atomic E-state index is -1.32. The van der Waals surface area contributed by atoms with E-state index in [2.05, 4.69) is 5.32 Å². The van der Waals surface area contributed by atoms with Crippen LogP contribution in [0.5, 0.6) is 11.5 Å². The summed E-state index contributed by atoms with van der Waals surface area (Å²) in [5.74, 6) is -1.05. The number of carboxylic acid groups (broad SMARTS) is 1. The molecule has 1 aliphatic rings. The van der Waals surface area contributed by atoms with Crippen LogP contribution in [0.2, 0.25) is 10.0 Å². The molecule has 2 aromatic rings. The van der Waals surface area contributed by atoms with E-state index in [1.807, 2.05) is 0 Å². The minimum Gasteiger partial charge on any atom is -0.477 e. The van der Waals surface area contributed by atoms with E-state index in [0.29, 0.717) is 17.1 Å². The Morgan fingerprint density at radius 2 is 1.76 bits per heavy atom. The van der Waals surface area contributed by atoms with Crippen LogP contribution in [0.1, 0.15) is 15.9 Å². The number of aliphatic carboxylic acids is 1. The van der Waals surface area contributed by atoms with Crippen LogP contribution < -0.4 is 14.8 Å². The minimum absolute atomic E-state index is 0.0634. The van der Waals surface area contributed by atoms with Gasteiger partial charge in [0.1, 0.15) is 5.70 Å². The molecule has 0 bridgehead atoms. The molecule has 8 heteroatoms. The van der Waals surface area contributed by atoms with Gasteiger partial charge in [0.05, 0.1) is 15.6 Å². The highest BCUT2D eigenvalue weighted by Crippen LogP contribution is 2.37. The molecule has 0 spiro atoms. The number of carbonyl (C=O) groups excluding carboxylic acids is 1. The largest absolute Gasteiger partial charge is 0.477 e. The van der Waals surface area contributed by atoms with Gasteiger partial charge in [-0.1, -0.05) is 35.3 Å². The van der Waals surface area contributed by atoms with Crippen molar-refractivity contribution in [2.24, 2.45) is 0 Å². The Hall–Kier alpha value is -2.70. The molecule has 0 aromatic heterocycles. The Kier molecular flexibility index (Phi) is 4.83. The molecule has 2 N–H and O–H groups in total. The van der Waals surface area contributed by atoms with Gasteiger partial charge in [0.15, 0.2) is 11.5 Å². The average molecular weight is 380 g/mol. The molecule has 0 aliphatic carbocycles. The van der Waals surface area contributed by atoms with Gasteiger partial charge in [-0.25, -0.2) is 4.79 Å². The third-order valence-electron chi connectivity index (χ3n) is 3.39. The number of amides is 1. The van der Waals surface area contributed by atoms with Crippen LogP contribution in [-0.2, 0) is 4.79 Å². The highest BCUT2D eigenvalue weighted by atomic mass is 35.5. The summed E-state index contributed by atoms with van der Waals surface area (Å²) in [5.41, 5.74) is 0.168. The number of hydrogen-bond donors (Lipinski definition) is 2. The quantitative estimate of drug-likeness (QED) is 0.793. The summed E-state index contributed by atoms with van der Waals surface area (Å²) >= 11 is 12.1. The predicted molar refractivity (Wildman–Crippen MR) is 92.1 cm³/mol. The molecule has 1 aliphatic heterocycles. The Morgan fingerprint density at radius 1 is 1.08 bits per heavy atom. The lowest BCUT2D eigenvalue weighted by molar-refractivity contribution is -0.132. The van der Waals surface area contributed by atoms with E-state index in [1.54, 1.807) is 12.1 Å². The van der Waals surface area contributed by atoms with Crippen molar-refractivity contribution in [3.63, 3.8) is 0 Å². The SMILES string of the molecule is O=C(O)C(=Cc1cc2c(cc1Cl)OCO2)NC(=O)c1ccccc1Cl. The Morgan fingerprint density at radius 3 is 2.44 bits per heavy atom. The first kappa shape index (κ1) is 17.1. The lowest BCUT2D eigenvalue weighted by Gasteiger charge is -2.08. The molecule has 0 fully saturated rings. The fourth-order valence-corrected chi connectivity index (χ4v) is 2.62. The molecule has 0 unspecified atom stereocenters. The van der Waals surface area contributed by atoms with Crippen LogP contribution in [0.4, 0.5) is 0 Å². The molecule has 3 rings (SSSR count). The zero-order valence-electron chi connectivity index (χ0n) is 12.6. The number of rotatable bonds is 4. The van der Waals surface area contributed by atoms with E-state index in [9.17, 15) is 14.7 Å². The van der Waals surface area contributed by atoms with Crippen molar-refractivity contribution < 1.29 is 24.2 Å². The molecule has 0 saturated heterocycles. The molecule has 1 amide bonds. The van der Waals surface area contributed by atoms with Crippen molar-refractivity contribution in [2.45, 2.75) is 0 Å². The third kappa shape index (κ3) is 3.70. The maximum atomic E-state index is 12.3. The Balaban J connectivity index is 1.92. The summed E-state index contributed by atoms with van der Waals surface area (Å²) < 4.78 is 10.4. The highest BCUT2D eigenvalue weighted by Gasteiger charge is 2.19. The number of nitrogens with one attached hydrogen (secondary N) is 1. The molecule has 128 valence electrons. The van der Waals surface area contributed by atoms with Gasteiger partial charge >= 0.3 is 5.97 Å². The van der Waals surface area contributed by atoms with Crippen molar-refractivity contribution in [1.82, 2.24) is 5.32 Å². The van der Waals surface area contributed by atoms with Gasteiger partial charge < -0.3 is 19.9 Å². The first-order valence-electron chi connectivity index (χ1n) is 7.05. The number of hydrogen-bond acceptors (Lipinski definition) is 4. The van der Waals surface area contributed by atoms with E-state index < -0.39 is 11.9 Å². The zero-order valence-corrected chi connectivity index (χ0v) is 14.1. The normalized spacial score (nSPS) is 12.8. The van der Waals surface area contributed by atoms with Gasteiger partial charge in [0.2, 0.25) is 6.79 Å². The average Bonchev–Trinajstić information content (AvgIpc) is 3.01. The topological polar surface area (TPSA) is 84.9 Å². The first-order valence-corrected chi connectivity index (χ1v) is 7.81. The summed E-state index contributed by atoms with van der Waals surface area (Å²) in [5, 5.41) is 12.2. The molecule has 25 heavy (non-hydrogen) atoms. The smallest absolute Gasteiger partial charge is 0.352 e. The third-order valence-corrected chi connectivity index (χ3v) is 4.05. The monoisotopic (exact) mass is 379 g/mol. The number of fused-ring (bicyclic) bond motifs is 1. The zero-order chi connectivity index (χ0) is 18.0. The van der Waals surface area contributed by atoms with Crippen LogP contribution in [0.3, 0.4) is 0 Å². The van der Waals surface area contributed by atoms with Gasteiger partial charge in [0.25, 0.3) is 5.91 Å². The molecule has 6 nitrogen and oxygen atoms in total. The molecular formula is C17H11Cl2NO5. The summed E-state index contributed by atoms with van der Waals surface area (Å²) in [6.45, 7) is 0.0634. The Bertz CT molecular complexity index is 895. The van der Waals surface area contributed by atoms with Crippen LogP contribution in [0.25, 0.3) is 6.08 Å². The van der Waals surface area contributed by atoms with E-state index in [-0.39, 0.29) is 28.1 Å². The van der Waals surface area contributed by atoms with E-state index >= 15 is 0 Å². The molecule has 0 saturated carbocycles. The molecule has 0 radical (unpaired) electrons. The van der Waals surface area contributed by atoms with Gasteiger partial charge in [-0.15, -0.1) is 0 Å². The lowest BCUT2D eigenvalue weighted by atomic mass is 10.1. The van der Waals surface area contributed by atoms with Gasteiger partial charge in [-0.3, -0.25) is 4.79 Å². The molecular weight excluding hydrogens is 369 g/mol. The maximum Gasteiger partial charge on any atom is 0.352 e. The van der Waals surface area contributed by atoms with Crippen molar-refractivity contribution in [2.75, 3.05) is 6.79 Å². The van der Waals surface area contributed by atoms with E-state index in [4.69, 9.17) is 32.7 Å². The summed E-state index contributed by atoms with van der Waals surface area (Å²) in [7, 11) is 0. The fraction of sp³-hybridized carbons (Fsp3) is 0.0588. The van der Waals surface area contributed by atoms with Crippen molar-refractivity contribution >= 4 is 41.2 Å². The standard InChI is InChI=1S/C17H11Cl2NO5/c18-11-4-2-1-3-10(11)16(21)20-13(17(22)23)5-9-6-14-15(7-12(9)19)25-8-24-14/h1-7H,8H2,(H,20,21)(H,22,23). The fourth-order valence-electron chi connectivity index (χ4n) is 2.19. The second-order valence-electron chi connectivity index (χ2n) is 5.02. The number of halogens is 2. The second-order valence-corrected chi connectivity index (χ2v) is 5.84. The number of ether oxygens (including phenoxy) is 2. The predicted octanol–water partition coefficient (Wildman–Crippen LogP) is 3.58. The lowest BCUT2D eigenvalue weighted by Crippen LogP contribution is -2.27. The maximum absolute atomic E-state index is 12.3. The summed E-state index contributed by atoms with van der Waals surface area (Å²) in [4.78, 5) is 23.8. The summed E-state index contributed by atoms with van der Waals surface area (Å²) in [6.07, 6.45) is 1.24. The van der Waals surface area contributed by atoms with E-state index in [0.717, 1.165) is 0 Å².